The fourth-order valence-corrected chi connectivity index (χ4v) is 3.48. The van der Waals surface area contributed by atoms with Gasteiger partial charge in [-0.1, -0.05) is 60.7 Å². The number of carbonyl (C=O) groups is 1. The summed E-state index contributed by atoms with van der Waals surface area (Å²) in [4.78, 5) is 20.3. The van der Waals surface area contributed by atoms with Gasteiger partial charge in [-0.3, -0.25) is 0 Å². The number of benzene rings is 3. The maximum atomic E-state index is 11.8. The van der Waals surface area contributed by atoms with Crippen LogP contribution in [0.5, 0.6) is 5.75 Å². The van der Waals surface area contributed by atoms with Crippen molar-refractivity contribution in [3.63, 3.8) is 0 Å². The fourth-order valence-electron chi connectivity index (χ4n) is 3.48. The average molecular weight is 440 g/mol. The predicted octanol–water partition coefficient (Wildman–Crippen LogP) is 4.87. The van der Waals surface area contributed by atoms with Crippen LogP contribution in [0.15, 0.2) is 97.3 Å². The maximum absolute atomic E-state index is 11.8. The van der Waals surface area contributed by atoms with E-state index in [4.69, 9.17) is 4.74 Å². The molecule has 0 bridgehead atoms. The lowest BCUT2D eigenvalue weighted by Crippen LogP contribution is -2.31. The van der Waals surface area contributed by atoms with E-state index in [0.717, 1.165) is 23.3 Å². The number of hydrogen-bond acceptors (Lipinski definition) is 5. The molecule has 0 saturated heterocycles. The SMILES string of the molecule is O=C(O)C(Cc1ccccc1)Nc1cc(-c2ccc(OCCc3ccccc3)cc2)ncn1. The number of ether oxygens (including phenoxy) is 1. The number of carboxylic acids is 1. The van der Waals surface area contributed by atoms with Crippen LogP contribution in [-0.4, -0.2) is 33.7 Å². The van der Waals surface area contributed by atoms with Gasteiger partial charge < -0.3 is 15.2 Å². The number of aliphatic carboxylic acids is 1. The lowest BCUT2D eigenvalue weighted by atomic mass is 10.1. The minimum Gasteiger partial charge on any atom is -0.493 e. The van der Waals surface area contributed by atoms with Crippen molar-refractivity contribution in [1.29, 1.82) is 0 Å². The van der Waals surface area contributed by atoms with Crippen molar-refractivity contribution in [2.75, 3.05) is 11.9 Å². The van der Waals surface area contributed by atoms with Gasteiger partial charge in [0.15, 0.2) is 0 Å². The minimum atomic E-state index is -0.934. The predicted molar refractivity (Wildman–Crippen MR) is 128 cm³/mol. The maximum Gasteiger partial charge on any atom is 0.326 e. The van der Waals surface area contributed by atoms with Gasteiger partial charge in [-0.2, -0.15) is 0 Å². The molecule has 1 heterocycles. The van der Waals surface area contributed by atoms with Crippen molar-refractivity contribution in [3.8, 4) is 17.0 Å². The molecule has 1 atom stereocenters. The van der Waals surface area contributed by atoms with E-state index in [2.05, 4.69) is 27.4 Å². The second kappa shape index (κ2) is 10.9. The van der Waals surface area contributed by atoms with E-state index in [9.17, 15) is 9.90 Å². The Labute approximate surface area is 192 Å². The molecule has 1 aromatic heterocycles. The van der Waals surface area contributed by atoms with Crippen LogP contribution in [0.3, 0.4) is 0 Å². The van der Waals surface area contributed by atoms with Crippen LogP contribution in [-0.2, 0) is 17.6 Å². The second-order valence-electron chi connectivity index (χ2n) is 7.62. The Bertz CT molecular complexity index is 1170. The molecule has 1 unspecified atom stereocenters. The summed E-state index contributed by atoms with van der Waals surface area (Å²) in [5.74, 6) is 0.318. The highest BCUT2D eigenvalue weighted by Crippen LogP contribution is 2.23. The zero-order valence-corrected chi connectivity index (χ0v) is 18.1. The first kappa shape index (κ1) is 22.0. The highest BCUT2D eigenvalue weighted by atomic mass is 16.5. The Morgan fingerprint density at radius 1 is 0.879 bits per heavy atom. The largest absolute Gasteiger partial charge is 0.493 e. The van der Waals surface area contributed by atoms with Crippen LogP contribution in [0, 0.1) is 0 Å². The highest BCUT2D eigenvalue weighted by Gasteiger charge is 2.18. The monoisotopic (exact) mass is 439 g/mol. The van der Waals surface area contributed by atoms with Gasteiger partial charge in [-0.05, 0) is 35.4 Å². The van der Waals surface area contributed by atoms with Gasteiger partial charge in [-0.15, -0.1) is 0 Å². The smallest absolute Gasteiger partial charge is 0.326 e. The molecule has 0 spiro atoms. The third-order valence-electron chi connectivity index (χ3n) is 5.22. The van der Waals surface area contributed by atoms with E-state index in [1.54, 1.807) is 6.07 Å². The van der Waals surface area contributed by atoms with Crippen molar-refractivity contribution >= 4 is 11.8 Å². The molecule has 33 heavy (non-hydrogen) atoms. The normalized spacial score (nSPS) is 11.5. The van der Waals surface area contributed by atoms with E-state index in [1.807, 2.05) is 72.8 Å². The summed E-state index contributed by atoms with van der Waals surface area (Å²) in [5, 5.41) is 12.7. The van der Waals surface area contributed by atoms with Gasteiger partial charge in [0.2, 0.25) is 0 Å². The van der Waals surface area contributed by atoms with Crippen LogP contribution < -0.4 is 10.1 Å². The molecule has 2 N–H and O–H groups in total. The number of nitrogens with zero attached hydrogens (tertiary/aromatic N) is 2. The van der Waals surface area contributed by atoms with Crippen molar-refractivity contribution < 1.29 is 14.6 Å². The van der Waals surface area contributed by atoms with Crippen LogP contribution in [0.25, 0.3) is 11.3 Å². The van der Waals surface area contributed by atoms with Gasteiger partial charge in [0.05, 0.1) is 12.3 Å². The van der Waals surface area contributed by atoms with E-state index in [-0.39, 0.29) is 0 Å². The van der Waals surface area contributed by atoms with Gasteiger partial charge in [0.1, 0.15) is 23.9 Å². The first-order valence-corrected chi connectivity index (χ1v) is 10.8. The van der Waals surface area contributed by atoms with Gasteiger partial charge >= 0.3 is 5.97 Å². The van der Waals surface area contributed by atoms with Crippen LogP contribution in [0.4, 0.5) is 5.82 Å². The lowest BCUT2D eigenvalue weighted by molar-refractivity contribution is -0.137. The number of hydrogen-bond donors (Lipinski definition) is 2. The number of rotatable bonds is 10. The third kappa shape index (κ3) is 6.40. The van der Waals surface area contributed by atoms with Crippen LogP contribution >= 0.6 is 0 Å². The Morgan fingerprint density at radius 2 is 1.55 bits per heavy atom. The van der Waals surface area contributed by atoms with Gasteiger partial charge in [0.25, 0.3) is 0 Å². The summed E-state index contributed by atoms with van der Waals surface area (Å²) in [6.45, 7) is 0.600. The number of nitrogens with one attached hydrogen (secondary N) is 1. The Hall–Kier alpha value is -4.19. The van der Waals surface area contributed by atoms with Gasteiger partial charge in [0, 0.05) is 24.5 Å². The van der Waals surface area contributed by atoms with Crippen LogP contribution in [0.2, 0.25) is 0 Å². The van der Waals surface area contributed by atoms with E-state index in [0.29, 0.717) is 24.5 Å². The standard InChI is InChI=1S/C27H25N3O3/c31-27(32)25(17-21-9-5-2-6-10-21)30-26-18-24(28-19-29-26)22-11-13-23(14-12-22)33-16-15-20-7-3-1-4-8-20/h1-14,18-19,25H,15-17H2,(H,31,32)(H,28,29,30). The Balaban J connectivity index is 1.38. The first-order valence-electron chi connectivity index (χ1n) is 10.8. The summed E-state index contributed by atoms with van der Waals surface area (Å²) < 4.78 is 5.85. The summed E-state index contributed by atoms with van der Waals surface area (Å²) in [6, 6.07) is 28.4. The molecule has 6 heteroatoms. The molecule has 0 saturated carbocycles. The van der Waals surface area contributed by atoms with Crippen molar-refractivity contribution in [2.45, 2.75) is 18.9 Å². The summed E-state index contributed by atoms with van der Waals surface area (Å²) in [7, 11) is 0. The Kier molecular flexibility index (Phi) is 7.28. The molecule has 6 nitrogen and oxygen atoms in total. The quantitative estimate of drug-likeness (QED) is 0.367. The molecule has 0 radical (unpaired) electrons. The van der Waals surface area contributed by atoms with Crippen LogP contribution in [0.1, 0.15) is 11.1 Å². The summed E-state index contributed by atoms with van der Waals surface area (Å²) >= 11 is 0. The molecule has 0 aliphatic heterocycles. The first-order chi connectivity index (χ1) is 16.2. The molecular formula is C27H25N3O3. The average Bonchev–Trinajstić information content (AvgIpc) is 2.85. The van der Waals surface area contributed by atoms with Crippen molar-refractivity contribution in [1.82, 2.24) is 9.97 Å². The highest BCUT2D eigenvalue weighted by molar-refractivity contribution is 5.77. The van der Waals surface area contributed by atoms with E-state index in [1.165, 1.54) is 11.9 Å². The number of aromatic nitrogens is 2. The summed E-state index contributed by atoms with van der Waals surface area (Å²) in [5.41, 5.74) is 3.77. The minimum absolute atomic E-state index is 0.352. The van der Waals surface area contributed by atoms with E-state index >= 15 is 0 Å². The van der Waals surface area contributed by atoms with E-state index < -0.39 is 12.0 Å². The Morgan fingerprint density at radius 3 is 2.21 bits per heavy atom. The molecule has 0 amide bonds. The third-order valence-corrected chi connectivity index (χ3v) is 5.22. The molecule has 4 rings (SSSR count). The molecule has 0 aliphatic carbocycles. The number of carboxylic acid groups (broad SMARTS) is 1. The molecular weight excluding hydrogens is 414 g/mol. The summed E-state index contributed by atoms with van der Waals surface area (Å²) in [6.07, 6.45) is 2.63. The zero-order chi connectivity index (χ0) is 22.9. The molecule has 0 aliphatic rings. The molecule has 4 aromatic rings. The topological polar surface area (TPSA) is 84.3 Å². The second-order valence-corrected chi connectivity index (χ2v) is 7.62. The molecule has 3 aromatic carbocycles. The number of anilines is 1. The van der Waals surface area contributed by atoms with Crippen molar-refractivity contribution in [2.24, 2.45) is 0 Å². The fraction of sp³-hybridized carbons (Fsp3) is 0.148. The lowest BCUT2D eigenvalue weighted by Gasteiger charge is -2.15. The van der Waals surface area contributed by atoms with Crippen molar-refractivity contribution in [3.05, 3.63) is 108 Å². The molecule has 166 valence electrons. The van der Waals surface area contributed by atoms with Gasteiger partial charge in [-0.25, -0.2) is 14.8 Å². The molecule has 0 fully saturated rings. The zero-order valence-electron chi connectivity index (χ0n) is 18.1.